The van der Waals surface area contributed by atoms with E-state index in [9.17, 15) is 14.9 Å². The van der Waals surface area contributed by atoms with Crippen molar-refractivity contribution in [1.29, 1.82) is 0 Å². The molecule has 0 bridgehead atoms. The highest BCUT2D eigenvalue weighted by atomic mass is 16.6. The maximum Gasteiger partial charge on any atom is 0.269 e. The van der Waals surface area contributed by atoms with E-state index in [-0.39, 0.29) is 27.7 Å². The van der Waals surface area contributed by atoms with Gasteiger partial charge in [-0.2, -0.15) is 0 Å². The maximum atomic E-state index is 13.3. The predicted octanol–water partition coefficient (Wildman–Crippen LogP) is 5.95. The molecule has 0 saturated heterocycles. The van der Waals surface area contributed by atoms with E-state index >= 15 is 0 Å². The first-order valence-corrected chi connectivity index (χ1v) is 10.1. The Hall–Kier alpha value is -3.47. The van der Waals surface area contributed by atoms with E-state index in [0.717, 1.165) is 45.3 Å². The lowest BCUT2D eigenvalue weighted by atomic mass is 9.68. The third-order valence-electron chi connectivity index (χ3n) is 6.17. The fourth-order valence-corrected chi connectivity index (χ4v) is 4.92. The maximum absolute atomic E-state index is 13.3. The van der Waals surface area contributed by atoms with Crippen LogP contribution in [0.4, 0.5) is 11.4 Å². The number of anilines is 1. The highest BCUT2D eigenvalue weighted by Crippen LogP contribution is 2.50. The van der Waals surface area contributed by atoms with Crippen LogP contribution >= 0.6 is 0 Å². The number of Topliss-reactive ketones (excluding diaryl/α,β-unsaturated/α-hetero) is 1. The first-order valence-electron chi connectivity index (χ1n) is 10.1. The Morgan fingerprint density at radius 2 is 1.83 bits per heavy atom. The zero-order valence-corrected chi connectivity index (χ0v) is 16.9. The summed E-state index contributed by atoms with van der Waals surface area (Å²) in [6.07, 6.45) is 1.24. The van der Waals surface area contributed by atoms with Crippen LogP contribution in [0.2, 0.25) is 0 Å². The third-order valence-corrected chi connectivity index (χ3v) is 6.17. The highest BCUT2D eigenvalue weighted by molar-refractivity contribution is 6.05. The van der Waals surface area contributed by atoms with Crippen LogP contribution in [0.15, 0.2) is 71.9 Å². The lowest BCUT2D eigenvalue weighted by molar-refractivity contribution is -0.384. The molecule has 1 N–H and O–H groups in total. The molecule has 5 nitrogen and oxygen atoms in total. The Bertz CT molecular complexity index is 1260. The van der Waals surface area contributed by atoms with E-state index in [4.69, 9.17) is 0 Å². The second-order valence-electron chi connectivity index (χ2n) is 8.99. The van der Waals surface area contributed by atoms with E-state index in [2.05, 4.69) is 37.4 Å². The number of carbonyl (C=O) groups is 1. The highest BCUT2D eigenvalue weighted by Gasteiger charge is 2.41. The molecule has 1 unspecified atom stereocenters. The van der Waals surface area contributed by atoms with Gasteiger partial charge in [0.25, 0.3) is 5.69 Å². The monoisotopic (exact) mass is 398 g/mol. The standard InChI is InChI=1S/C25H22N2O3/c1-25(2)13-20-23(21(28)14-25)22(16-7-5-8-17(12-16)27(29)30)19-11-10-15-6-3-4-9-18(15)24(19)26-20/h3-12,22,26H,13-14H2,1-2H3. The van der Waals surface area contributed by atoms with Gasteiger partial charge in [-0.1, -0.05) is 62.4 Å². The van der Waals surface area contributed by atoms with Gasteiger partial charge >= 0.3 is 0 Å². The number of nitro benzene ring substituents is 1. The number of non-ortho nitro benzene ring substituents is 1. The fraction of sp³-hybridized carbons (Fsp3) is 0.240. The van der Waals surface area contributed by atoms with Gasteiger partial charge in [-0.15, -0.1) is 0 Å². The van der Waals surface area contributed by atoms with Crippen LogP contribution < -0.4 is 5.32 Å². The van der Waals surface area contributed by atoms with Crippen molar-refractivity contribution in [3.63, 3.8) is 0 Å². The van der Waals surface area contributed by atoms with Gasteiger partial charge in [-0.25, -0.2) is 0 Å². The van der Waals surface area contributed by atoms with Gasteiger partial charge < -0.3 is 5.32 Å². The number of nitrogens with one attached hydrogen (secondary N) is 1. The van der Waals surface area contributed by atoms with Gasteiger partial charge in [0.2, 0.25) is 0 Å². The van der Waals surface area contributed by atoms with Gasteiger partial charge in [0, 0.05) is 41.1 Å². The summed E-state index contributed by atoms with van der Waals surface area (Å²) in [5.41, 5.74) is 4.36. The first-order chi connectivity index (χ1) is 14.3. The summed E-state index contributed by atoms with van der Waals surface area (Å²) < 4.78 is 0. The molecule has 2 aliphatic rings. The fourth-order valence-electron chi connectivity index (χ4n) is 4.92. The minimum atomic E-state index is -0.382. The molecule has 30 heavy (non-hydrogen) atoms. The number of nitro groups is 1. The molecule has 5 rings (SSSR count). The molecule has 1 heterocycles. The van der Waals surface area contributed by atoms with Gasteiger partial charge in [0.15, 0.2) is 5.78 Å². The van der Waals surface area contributed by atoms with Crippen molar-refractivity contribution in [2.75, 3.05) is 5.32 Å². The quantitative estimate of drug-likeness (QED) is 0.428. The number of ketones is 1. The molecular weight excluding hydrogens is 376 g/mol. The number of hydrogen-bond donors (Lipinski definition) is 1. The van der Waals surface area contributed by atoms with Crippen LogP contribution in [0.3, 0.4) is 0 Å². The van der Waals surface area contributed by atoms with Gasteiger partial charge in [-0.05, 0) is 28.3 Å². The smallest absolute Gasteiger partial charge is 0.269 e. The van der Waals surface area contributed by atoms with Crippen molar-refractivity contribution in [1.82, 2.24) is 0 Å². The van der Waals surface area contributed by atoms with Crippen LogP contribution in [0, 0.1) is 15.5 Å². The Kier molecular flexibility index (Phi) is 4.03. The van der Waals surface area contributed by atoms with Gasteiger partial charge in [0.05, 0.1) is 10.6 Å². The van der Waals surface area contributed by atoms with E-state index < -0.39 is 0 Å². The zero-order valence-electron chi connectivity index (χ0n) is 16.9. The predicted molar refractivity (Wildman–Crippen MR) is 118 cm³/mol. The topological polar surface area (TPSA) is 72.2 Å². The molecule has 0 amide bonds. The molecule has 1 atom stereocenters. The average molecular weight is 398 g/mol. The molecule has 0 spiro atoms. The number of allylic oxidation sites excluding steroid dienone is 2. The Balaban J connectivity index is 1.79. The largest absolute Gasteiger partial charge is 0.358 e. The molecule has 0 radical (unpaired) electrons. The summed E-state index contributed by atoms with van der Waals surface area (Å²) in [6, 6.07) is 19.0. The summed E-state index contributed by atoms with van der Waals surface area (Å²) in [5.74, 6) is -0.201. The van der Waals surface area contributed by atoms with E-state index in [1.54, 1.807) is 12.1 Å². The Labute approximate surface area is 174 Å². The molecule has 0 saturated carbocycles. The molecule has 5 heteroatoms. The Morgan fingerprint density at radius 3 is 2.63 bits per heavy atom. The first kappa shape index (κ1) is 18.6. The van der Waals surface area contributed by atoms with Crippen molar-refractivity contribution >= 4 is 27.9 Å². The molecule has 1 aliphatic carbocycles. The lowest BCUT2D eigenvalue weighted by Gasteiger charge is -2.39. The van der Waals surface area contributed by atoms with Crippen molar-refractivity contribution in [3.8, 4) is 0 Å². The normalized spacial score (nSPS) is 19.8. The number of nitrogens with zero attached hydrogens (tertiary/aromatic N) is 1. The zero-order chi connectivity index (χ0) is 21.0. The summed E-state index contributed by atoms with van der Waals surface area (Å²) in [4.78, 5) is 24.3. The van der Waals surface area contributed by atoms with Crippen molar-refractivity contribution < 1.29 is 9.72 Å². The summed E-state index contributed by atoms with van der Waals surface area (Å²) in [5, 5.41) is 17.2. The minimum Gasteiger partial charge on any atom is -0.358 e. The number of fused-ring (bicyclic) bond motifs is 3. The van der Waals surface area contributed by atoms with E-state index in [0.29, 0.717) is 6.42 Å². The summed E-state index contributed by atoms with van der Waals surface area (Å²) in [7, 11) is 0. The van der Waals surface area contributed by atoms with Crippen LogP contribution in [-0.2, 0) is 4.79 Å². The van der Waals surface area contributed by atoms with Gasteiger partial charge in [-0.3, -0.25) is 14.9 Å². The van der Waals surface area contributed by atoms with Crippen molar-refractivity contribution in [2.45, 2.75) is 32.6 Å². The summed E-state index contributed by atoms with van der Waals surface area (Å²) >= 11 is 0. The van der Waals surface area contributed by atoms with Crippen LogP contribution in [0.5, 0.6) is 0 Å². The molecular formula is C25H22N2O3. The molecule has 0 fully saturated rings. The van der Waals surface area contributed by atoms with Crippen molar-refractivity contribution in [2.24, 2.45) is 5.41 Å². The SMILES string of the molecule is CC1(C)CC(=O)C2=C(C1)Nc1c(ccc3ccccc13)C2c1cccc([N+](=O)[O-])c1. The van der Waals surface area contributed by atoms with Crippen LogP contribution in [0.25, 0.3) is 10.8 Å². The number of carbonyl (C=O) groups excluding carboxylic acids is 1. The van der Waals surface area contributed by atoms with Crippen LogP contribution in [-0.4, -0.2) is 10.7 Å². The Morgan fingerprint density at radius 1 is 1.03 bits per heavy atom. The van der Waals surface area contributed by atoms with Gasteiger partial charge in [0.1, 0.15) is 0 Å². The molecule has 150 valence electrons. The molecule has 3 aromatic rings. The summed E-state index contributed by atoms with van der Waals surface area (Å²) in [6.45, 7) is 4.22. The second-order valence-corrected chi connectivity index (χ2v) is 8.99. The number of hydrogen-bond acceptors (Lipinski definition) is 4. The third kappa shape index (κ3) is 2.89. The molecule has 3 aromatic carbocycles. The van der Waals surface area contributed by atoms with E-state index in [1.807, 2.05) is 24.3 Å². The minimum absolute atomic E-state index is 0.0408. The van der Waals surface area contributed by atoms with Crippen LogP contribution in [0.1, 0.15) is 43.7 Å². The van der Waals surface area contributed by atoms with Crippen molar-refractivity contribution in [3.05, 3.63) is 93.2 Å². The second kappa shape index (κ2) is 6.52. The number of rotatable bonds is 2. The van der Waals surface area contributed by atoms with E-state index in [1.165, 1.54) is 6.07 Å². The molecule has 0 aromatic heterocycles. The molecule has 1 aliphatic heterocycles. The average Bonchev–Trinajstić information content (AvgIpc) is 2.71. The lowest BCUT2D eigenvalue weighted by Crippen LogP contribution is -2.33. The number of benzene rings is 3.